The number of morpholine rings is 1. The Labute approximate surface area is 145 Å². The second kappa shape index (κ2) is 9.04. The van der Waals surface area contributed by atoms with Gasteiger partial charge < -0.3 is 19.7 Å². The van der Waals surface area contributed by atoms with E-state index >= 15 is 0 Å². The van der Waals surface area contributed by atoms with Crippen molar-refractivity contribution in [3.8, 4) is 0 Å². The van der Waals surface area contributed by atoms with Crippen molar-refractivity contribution in [3.63, 3.8) is 0 Å². The summed E-state index contributed by atoms with van der Waals surface area (Å²) < 4.78 is 11.7. The van der Waals surface area contributed by atoms with Crippen molar-refractivity contribution in [1.29, 1.82) is 0 Å². The van der Waals surface area contributed by atoms with Crippen LogP contribution in [0, 0.1) is 0 Å². The van der Waals surface area contributed by atoms with Crippen molar-refractivity contribution < 1.29 is 9.47 Å². The lowest BCUT2D eigenvalue weighted by molar-refractivity contribution is -0.0816. The highest BCUT2D eigenvalue weighted by Crippen LogP contribution is 2.21. The van der Waals surface area contributed by atoms with Gasteiger partial charge in [-0.25, -0.2) is 0 Å². The average molecular weight is 331 g/mol. The third kappa shape index (κ3) is 4.71. The second-order valence-corrected chi connectivity index (χ2v) is 6.47. The first-order valence-corrected chi connectivity index (χ1v) is 9.09. The number of nitrogens with zero attached hydrogens (tertiary/aromatic N) is 2. The SMILES string of the molecule is CN=C(NCCCc1ccccc1)N1CCOC(C2CCCO2)C1. The van der Waals surface area contributed by atoms with Gasteiger partial charge in [-0.1, -0.05) is 30.3 Å². The van der Waals surface area contributed by atoms with Gasteiger partial charge in [-0.3, -0.25) is 4.99 Å². The topological polar surface area (TPSA) is 46.1 Å². The monoisotopic (exact) mass is 331 g/mol. The van der Waals surface area contributed by atoms with Crippen LogP contribution in [0.25, 0.3) is 0 Å². The van der Waals surface area contributed by atoms with E-state index in [0.29, 0.717) is 0 Å². The summed E-state index contributed by atoms with van der Waals surface area (Å²) in [5.41, 5.74) is 1.39. The molecule has 1 aromatic carbocycles. The highest BCUT2D eigenvalue weighted by Gasteiger charge is 2.32. The molecular weight excluding hydrogens is 302 g/mol. The van der Waals surface area contributed by atoms with Crippen LogP contribution in [-0.4, -0.2) is 63.0 Å². The number of aryl methyl sites for hydroxylation is 1. The fraction of sp³-hybridized carbons (Fsp3) is 0.632. The molecule has 2 aliphatic rings. The number of hydrogen-bond acceptors (Lipinski definition) is 3. The molecule has 2 aliphatic heterocycles. The molecule has 2 heterocycles. The Hall–Kier alpha value is -1.59. The van der Waals surface area contributed by atoms with Crippen molar-refractivity contribution in [2.45, 2.75) is 37.9 Å². The Bertz CT molecular complexity index is 515. The first-order valence-electron chi connectivity index (χ1n) is 9.09. The lowest BCUT2D eigenvalue weighted by Gasteiger charge is -2.37. The molecule has 2 atom stereocenters. The van der Waals surface area contributed by atoms with Gasteiger partial charge in [-0.15, -0.1) is 0 Å². The van der Waals surface area contributed by atoms with Crippen molar-refractivity contribution in [1.82, 2.24) is 10.2 Å². The largest absolute Gasteiger partial charge is 0.375 e. The molecule has 0 aromatic heterocycles. The van der Waals surface area contributed by atoms with Gasteiger partial charge in [0.1, 0.15) is 6.10 Å². The van der Waals surface area contributed by atoms with Crippen LogP contribution < -0.4 is 5.32 Å². The molecule has 3 rings (SSSR count). The summed E-state index contributed by atoms with van der Waals surface area (Å²) in [5, 5.41) is 3.50. The van der Waals surface area contributed by atoms with Crippen LogP contribution in [0.5, 0.6) is 0 Å². The van der Waals surface area contributed by atoms with E-state index in [4.69, 9.17) is 9.47 Å². The Morgan fingerprint density at radius 3 is 2.79 bits per heavy atom. The quantitative estimate of drug-likeness (QED) is 0.510. The molecular formula is C19H29N3O2. The molecule has 2 saturated heterocycles. The van der Waals surface area contributed by atoms with Crippen LogP contribution in [0.4, 0.5) is 0 Å². The maximum absolute atomic E-state index is 5.92. The molecule has 0 amide bonds. The van der Waals surface area contributed by atoms with Gasteiger partial charge in [-0.2, -0.15) is 0 Å². The van der Waals surface area contributed by atoms with E-state index in [9.17, 15) is 0 Å². The normalized spacial score (nSPS) is 25.0. The summed E-state index contributed by atoms with van der Waals surface area (Å²) in [7, 11) is 1.86. The van der Waals surface area contributed by atoms with Crippen LogP contribution in [-0.2, 0) is 15.9 Å². The number of nitrogens with one attached hydrogen (secondary N) is 1. The number of benzene rings is 1. The maximum atomic E-state index is 5.92. The summed E-state index contributed by atoms with van der Waals surface area (Å²) in [6.45, 7) is 4.31. The number of aliphatic imine (C=N–C) groups is 1. The standard InChI is InChI=1S/C19H29N3O2/c1-20-19(21-11-5-9-16-7-3-2-4-8-16)22-12-14-24-18(15-22)17-10-6-13-23-17/h2-4,7-8,17-18H,5-6,9-15H2,1H3,(H,20,21). The van der Waals surface area contributed by atoms with Crippen LogP contribution in [0.15, 0.2) is 35.3 Å². The van der Waals surface area contributed by atoms with Crippen LogP contribution in [0.1, 0.15) is 24.8 Å². The van der Waals surface area contributed by atoms with E-state index in [1.807, 2.05) is 7.05 Å². The average Bonchev–Trinajstić information content (AvgIpc) is 3.18. The van der Waals surface area contributed by atoms with Crippen LogP contribution in [0.3, 0.4) is 0 Å². The van der Waals surface area contributed by atoms with Gasteiger partial charge in [-0.05, 0) is 31.2 Å². The second-order valence-electron chi connectivity index (χ2n) is 6.47. The minimum atomic E-state index is 0.170. The van der Waals surface area contributed by atoms with Crippen molar-refractivity contribution in [2.75, 3.05) is 39.9 Å². The van der Waals surface area contributed by atoms with Gasteiger partial charge in [0.05, 0.1) is 12.7 Å². The van der Waals surface area contributed by atoms with E-state index in [-0.39, 0.29) is 12.2 Å². The van der Waals surface area contributed by atoms with Gasteiger partial charge in [0.2, 0.25) is 0 Å². The fourth-order valence-electron chi connectivity index (χ4n) is 3.46. The van der Waals surface area contributed by atoms with Gasteiger partial charge in [0.25, 0.3) is 0 Å². The summed E-state index contributed by atoms with van der Waals surface area (Å²) in [4.78, 5) is 6.76. The van der Waals surface area contributed by atoms with Gasteiger partial charge >= 0.3 is 0 Å². The highest BCUT2D eigenvalue weighted by molar-refractivity contribution is 5.80. The summed E-state index contributed by atoms with van der Waals surface area (Å²) in [6.07, 6.45) is 4.88. The highest BCUT2D eigenvalue weighted by atomic mass is 16.5. The first-order chi connectivity index (χ1) is 11.9. The minimum Gasteiger partial charge on any atom is -0.375 e. The van der Waals surface area contributed by atoms with E-state index in [1.165, 1.54) is 5.56 Å². The third-order valence-corrected chi connectivity index (χ3v) is 4.75. The zero-order valence-corrected chi connectivity index (χ0v) is 14.6. The Kier molecular flexibility index (Phi) is 6.49. The predicted molar refractivity (Wildman–Crippen MR) is 96.4 cm³/mol. The molecule has 1 aromatic rings. The molecule has 1 N–H and O–H groups in total. The Morgan fingerprint density at radius 2 is 2.04 bits per heavy atom. The lowest BCUT2D eigenvalue weighted by Crippen LogP contribution is -2.53. The summed E-state index contributed by atoms with van der Waals surface area (Å²) in [6, 6.07) is 10.6. The van der Waals surface area contributed by atoms with Gasteiger partial charge in [0, 0.05) is 33.3 Å². The molecule has 2 unspecified atom stereocenters. The molecule has 0 bridgehead atoms. The number of hydrogen-bond donors (Lipinski definition) is 1. The smallest absolute Gasteiger partial charge is 0.193 e. The Morgan fingerprint density at radius 1 is 1.21 bits per heavy atom. The molecule has 5 nitrogen and oxygen atoms in total. The molecule has 5 heteroatoms. The lowest BCUT2D eigenvalue weighted by atomic mass is 10.1. The zero-order valence-electron chi connectivity index (χ0n) is 14.6. The molecule has 0 saturated carbocycles. The minimum absolute atomic E-state index is 0.170. The van der Waals surface area contributed by atoms with E-state index < -0.39 is 0 Å². The molecule has 2 fully saturated rings. The summed E-state index contributed by atoms with van der Waals surface area (Å²) >= 11 is 0. The number of ether oxygens (including phenoxy) is 2. The fourth-order valence-corrected chi connectivity index (χ4v) is 3.46. The maximum Gasteiger partial charge on any atom is 0.193 e. The van der Waals surface area contributed by atoms with Gasteiger partial charge in [0.15, 0.2) is 5.96 Å². The van der Waals surface area contributed by atoms with Crippen molar-refractivity contribution in [2.24, 2.45) is 4.99 Å². The first kappa shape index (κ1) is 17.2. The zero-order chi connectivity index (χ0) is 16.6. The molecule has 24 heavy (non-hydrogen) atoms. The van der Waals surface area contributed by atoms with Crippen LogP contribution in [0.2, 0.25) is 0 Å². The van der Waals surface area contributed by atoms with Crippen molar-refractivity contribution in [3.05, 3.63) is 35.9 Å². The molecule has 0 spiro atoms. The van der Waals surface area contributed by atoms with Crippen molar-refractivity contribution >= 4 is 5.96 Å². The van der Waals surface area contributed by atoms with E-state index in [1.54, 1.807) is 0 Å². The van der Waals surface area contributed by atoms with E-state index in [2.05, 4.69) is 45.5 Å². The molecule has 0 aliphatic carbocycles. The number of guanidine groups is 1. The predicted octanol–water partition coefficient (Wildman–Crippen LogP) is 2.07. The van der Waals surface area contributed by atoms with Crippen LogP contribution >= 0.6 is 0 Å². The van der Waals surface area contributed by atoms with E-state index in [0.717, 1.165) is 64.5 Å². The Balaban J connectivity index is 1.43. The number of rotatable bonds is 5. The summed E-state index contributed by atoms with van der Waals surface area (Å²) in [5.74, 6) is 0.981. The third-order valence-electron chi connectivity index (χ3n) is 4.75. The molecule has 0 radical (unpaired) electrons. The molecule has 132 valence electrons.